The first-order valence-electron chi connectivity index (χ1n) is 6.98. The Kier molecular flexibility index (Phi) is 3.59. The lowest BCUT2D eigenvalue weighted by Gasteiger charge is -2.25. The zero-order chi connectivity index (χ0) is 15.0. The molecule has 0 fully saturated rings. The summed E-state index contributed by atoms with van der Waals surface area (Å²) < 4.78 is 27.9. The van der Waals surface area contributed by atoms with E-state index in [1.165, 1.54) is 12.1 Å². The minimum atomic E-state index is -0.901. The van der Waals surface area contributed by atoms with E-state index in [0.717, 1.165) is 42.7 Å². The average Bonchev–Trinajstić information content (AvgIpc) is 2.46. The van der Waals surface area contributed by atoms with Crippen LogP contribution in [0.25, 0.3) is 0 Å². The van der Waals surface area contributed by atoms with Crippen LogP contribution in [-0.2, 0) is 13.0 Å². The van der Waals surface area contributed by atoms with Gasteiger partial charge in [-0.05, 0) is 42.5 Å². The second-order valence-electron chi connectivity index (χ2n) is 5.41. The molecule has 0 bridgehead atoms. The molecule has 0 saturated carbocycles. The maximum absolute atomic E-state index is 13.3. The third-order valence-corrected chi connectivity index (χ3v) is 3.98. The first-order valence-corrected chi connectivity index (χ1v) is 6.98. The zero-order valence-electron chi connectivity index (χ0n) is 11.5. The molecule has 3 rings (SSSR count). The number of pyridine rings is 1. The summed E-state index contributed by atoms with van der Waals surface area (Å²) in [5.74, 6) is -1.79. The van der Waals surface area contributed by atoms with Crippen molar-refractivity contribution in [2.75, 3.05) is 0 Å². The molecule has 0 amide bonds. The zero-order valence-corrected chi connectivity index (χ0v) is 11.5. The fourth-order valence-corrected chi connectivity index (χ4v) is 2.89. The van der Waals surface area contributed by atoms with Crippen molar-refractivity contribution in [2.45, 2.75) is 31.8 Å². The number of aromatic nitrogens is 1. The van der Waals surface area contributed by atoms with Crippen molar-refractivity contribution in [2.24, 2.45) is 5.73 Å². The van der Waals surface area contributed by atoms with E-state index in [1.54, 1.807) is 10.6 Å². The second-order valence-corrected chi connectivity index (χ2v) is 5.41. The van der Waals surface area contributed by atoms with Crippen LogP contribution in [0.5, 0.6) is 0 Å². The Morgan fingerprint density at radius 2 is 2.00 bits per heavy atom. The highest BCUT2D eigenvalue weighted by Gasteiger charge is 2.20. The molecule has 110 valence electrons. The number of fused-ring (bicyclic) bond motifs is 1. The molecule has 2 N–H and O–H groups in total. The highest BCUT2D eigenvalue weighted by molar-refractivity contribution is 5.28. The molecule has 1 heterocycles. The Hall–Kier alpha value is -2.01. The van der Waals surface area contributed by atoms with Crippen molar-refractivity contribution in [3.63, 3.8) is 0 Å². The van der Waals surface area contributed by atoms with Crippen LogP contribution in [0.2, 0.25) is 0 Å². The number of hydrogen-bond acceptors (Lipinski definition) is 2. The number of benzene rings is 1. The summed E-state index contributed by atoms with van der Waals surface area (Å²) in [6.45, 7) is 0.228. The minimum Gasteiger partial charge on any atom is -0.324 e. The predicted molar refractivity (Wildman–Crippen MR) is 76.0 cm³/mol. The van der Waals surface area contributed by atoms with Crippen molar-refractivity contribution < 1.29 is 8.78 Å². The lowest BCUT2D eigenvalue weighted by atomic mass is 9.91. The molecular formula is C16H16F2N2O. The van der Waals surface area contributed by atoms with Gasteiger partial charge in [0.2, 0.25) is 0 Å². The monoisotopic (exact) mass is 290 g/mol. The Balaban J connectivity index is 2.04. The van der Waals surface area contributed by atoms with E-state index >= 15 is 0 Å². The largest absolute Gasteiger partial charge is 0.324 e. The number of halogens is 2. The molecule has 21 heavy (non-hydrogen) atoms. The van der Waals surface area contributed by atoms with Crippen LogP contribution in [0, 0.1) is 11.6 Å². The summed E-state index contributed by atoms with van der Waals surface area (Å²) in [5.41, 5.74) is 8.37. The summed E-state index contributed by atoms with van der Waals surface area (Å²) in [5, 5.41) is 0. The van der Waals surface area contributed by atoms with E-state index in [9.17, 15) is 13.6 Å². The van der Waals surface area contributed by atoms with Gasteiger partial charge < -0.3 is 10.3 Å². The predicted octanol–water partition coefficient (Wildman–Crippen LogP) is 2.51. The highest BCUT2D eigenvalue weighted by atomic mass is 19.2. The van der Waals surface area contributed by atoms with E-state index in [-0.39, 0.29) is 18.1 Å². The van der Waals surface area contributed by atoms with Crippen LogP contribution in [0.4, 0.5) is 8.78 Å². The maximum Gasteiger partial charge on any atom is 0.251 e. The fourth-order valence-electron chi connectivity index (χ4n) is 2.89. The van der Waals surface area contributed by atoms with Crippen LogP contribution >= 0.6 is 0 Å². The lowest BCUT2D eigenvalue weighted by molar-refractivity contribution is 0.504. The van der Waals surface area contributed by atoms with Crippen molar-refractivity contribution in [3.05, 3.63) is 69.1 Å². The normalized spacial score (nSPS) is 17.6. The van der Waals surface area contributed by atoms with Crippen LogP contribution < -0.4 is 11.3 Å². The van der Waals surface area contributed by atoms with Crippen molar-refractivity contribution in [1.82, 2.24) is 4.57 Å². The van der Waals surface area contributed by atoms with Gasteiger partial charge >= 0.3 is 0 Å². The average molecular weight is 290 g/mol. The van der Waals surface area contributed by atoms with Gasteiger partial charge in [-0.15, -0.1) is 0 Å². The van der Waals surface area contributed by atoms with Crippen LogP contribution in [0.3, 0.4) is 0 Å². The van der Waals surface area contributed by atoms with Gasteiger partial charge in [0.25, 0.3) is 5.56 Å². The van der Waals surface area contributed by atoms with Crippen molar-refractivity contribution >= 4 is 0 Å². The summed E-state index contributed by atoms with van der Waals surface area (Å²) in [7, 11) is 0. The van der Waals surface area contributed by atoms with Gasteiger partial charge in [-0.3, -0.25) is 4.79 Å². The van der Waals surface area contributed by atoms with Gasteiger partial charge in [0, 0.05) is 17.8 Å². The van der Waals surface area contributed by atoms with E-state index in [1.807, 2.05) is 0 Å². The molecule has 0 saturated heterocycles. The topological polar surface area (TPSA) is 48.0 Å². The summed E-state index contributed by atoms with van der Waals surface area (Å²) in [4.78, 5) is 12.1. The Morgan fingerprint density at radius 3 is 2.76 bits per heavy atom. The molecule has 1 aliphatic carbocycles. The standard InChI is InChI=1S/C16H16F2N2O/c17-12-6-4-10(8-13(12)18)9-20-15-3-1-2-14(19)11(15)5-7-16(20)21/h4-8,14H,1-3,9,19H2. The smallest absolute Gasteiger partial charge is 0.251 e. The molecule has 5 heteroatoms. The maximum atomic E-state index is 13.3. The van der Waals surface area contributed by atoms with Gasteiger partial charge in [-0.2, -0.15) is 0 Å². The molecule has 1 aromatic carbocycles. The van der Waals surface area contributed by atoms with Crippen LogP contribution in [-0.4, -0.2) is 4.57 Å². The SMILES string of the molecule is NC1CCCc2c1ccc(=O)n2Cc1ccc(F)c(F)c1. The number of hydrogen-bond donors (Lipinski definition) is 1. The first kappa shape index (κ1) is 13.9. The molecule has 2 aromatic rings. The summed E-state index contributed by atoms with van der Waals surface area (Å²) in [6, 6.07) is 6.91. The Bertz CT molecular complexity index is 740. The van der Waals surface area contributed by atoms with Gasteiger partial charge in [-0.25, -0.2) is 8.78 Å². The van der Waals surface area contributed by atoms with Gasteiger partial charge in [0.1, 0.15) is 0 Å². The highest BCUT2D eigenvalue weighted by Crippen LogP contribution is 2.27. The number of rotatable bonds is 2. The first-order chi connectivity index (χ1) is 10.1. The summed E-state index contributed by atoms with van der Waals surface area (Å²) >= 11 is 0. The van der Waals surface area contributed by atoms with Crippen LogP contribution in [0.15, 0.2) is 35.1 Å². The van der Waals surface area contributed by atoms with Gasteiger partial charge in [-0.1, -0.05) is 12.1 Å². The number of nitrogens with two attached hydrogens (primary N) is 1. The van der Waals surface area contributed by atoms with E-state index < -0.39 is 11.6 Å². The Labute approximate surface area is 121 Å². The van der Waals surface area contributed by atoms with Gasteiger partial charge in [0.15, 0.2) is 11.6 Å². The van der Waals surface area contributed by atoms with E-state index in [0.29, 0.717) is 5.56 Å². The molecule has 1 aromatic heterocycles. The van der Waals surface area contributed by atoms with Crippen molar-refractivity contribution in [1.29, 1.82) is 0 Å². The summed E-state index contributed by atoms with van der Waals surface area (Å²) in [6.07, 6.45) is 2.61. The molecule has 1 atom stereocenters. The minimum absolute atomic E-state index is 0.0643. The third-order valence-electron chi connectivity index (χ3n) is 3.98. The molecule has 0 aliphatic heterocycles. The molecular weight excluding hydrogens is 274 g/mol. The van der Waals surface area contributed by atoms with Crippen LogP contribution in [0.1, 0.15) is 35.7 Å². The fraction of sp³-hybridized carbons (Fsp3) is 0.312. The second kappa shape index (κ2) is 5.41. The Morgan fingerprint density at radius 1 is 1.19 bits per heavy atom. The molecule has 3 nitrogen and oxygen atoms in total. The van der Waals surface area contributed by atoms with Gasteiger partial charge in [0.05, 0.1) is 6.54 Å². The molecule has 1 aliphatic rings. The van der Waals surface area contributed by atoms with E-state index in [2.05, 4.69) is 0 Å². The molecule has 1 unspecified atom stereocenters. The van der Waals surface area contributed by atoms with E-state index in [4.69, 9.17) is 5.73 Å². The van der Waals surface area contributed by atoms with Crippen molar-refractivity contribution in [3.8, 4) is 0 Å². The third kappa shape index (κ3) is 2.61. The lowest BCUT2D eigenvalue weighted by Crippen LogP contribution is -2.29. The quantitative estimate of drug-likeness (QED) is 0.924. The molecule has 0 spiro atoms. The number of nitrogens with zero attached hydrogens (tertiary/aromatic N) is 1. The molecule has 0 radical (unpaired) electrons.